The summed E-state index contributed by atoms with van der Waals surface area (Å²) < 4.78 is 0. The molecule has 0 unspecified atom stereocenters. The van der Waals surface area contributed by atoms with Crippen LogP contribution in [0.25, 0.3) is 0 Å². The van der Waals surface area contributed by atoms with E-state index in [0.717, 1.165) is 44.4 Å². The van der Waals surface area contributed by atoms with Gasteiger partial charge in [0, 0.05) is 64.7 Å². The summed E-state index contributed by atoms with van der Waals surface area (Å²) in [6.07, 6.45) is 0. The molecule has 0 atom stereocenters. The molecule has 1 saturated heterocycles. The van der Waals surface area contributed by atoms with Gasteiger partial charge in [0.2, 0.25) is 0 Å². The summed E-state index contributed by atoms with van der Waals surface area (Å²) in [5.41, 5.74) is 8.05. The normalized spacial score (nSPS) is 16.5. The molecule has 1 aromatic rings. The van der Waals surface area contributed by atoms with E-state index in [1.165, 1.54) is 5.69 Å². The molecule has 0 amide bonds. The number of rotatable bonds is 7. The molecule has 0 bridgehead atoms. The maximum absolute atomic E-state index is 9.14. The van der Waals surface area contributed by atoms with E-state index in [1.54, 1.807) is 0 Å². The molecule has 152 valence electrons. The molecule has 0 aromatic heterocycles. The van der Waals surface area contributed by atoms with E-state index < -0.39 is 0 Å². The van der Waals surface area contributed by atoms with Gasteiger partial charge in [-0.3, -0.25) is 9.89 Å². The lowest BCUT2D eigenvalue weighted by Crippen LogP contribution is -2.51. The molecule has 0 saturated carbocycles. The van der Waals surface area contributed by atoms with Crippen LogP contribution in [0.4, 0.5) is 11.4 Å². The third-order valence-corrected chi connectivity index (χ3v) is 4.94. The van der Waals surface area contributed by atoms with Gasteiger partial charge in [-0.1, -0.05) is 13.8 Å². The van der Waals surface area contributed by atoms with Crippen LogP contribution in [0.5, 0.6) is 0 Å². The fourth-order valence-electron chi connectivity index (χ4n) is 2.87. The maximum atomic E-state index is 9.14. The van der Waals surface area contributed by atoms with Crippen molar-refractivity contribution in [3.63, 3.8) is 0 Å². The van der Waals surface area contributed by atoms with E-state index >= 15 is 0 Å². The lowest BCUT2D eigenvalue weighted by Gasteiger charge is -2.36. The largest absolute Gasteiger partial charge is 0.395 e. The second-order valence-electron chi connectivity index (χ2n) is 8.13. The number of benzene rings is 1. The van der Waals surface area contributed by atoms with E-state index in [-0.39, 0.29) is 12.0 Å². The first-order valence-electron chi connectivity index (χ1n) is 9.72. The summed E-state index contributed by atoms with van der Waals surface area (Å²) in [7, 11) is 4.08. The Morgan fingerprint density at radius 2 is 1.81 bits per heavy atom. The van der Waals surface area contributed by atoms with E-state index in [2.05, 4.69) is 58.1 Å². The van der Waals surface area contributed by atoms with Crippen LogP contribution in [0, 0.1) is 5.41 Å². The molecule has 27 heavy (non-hydrogen) atoms. The topological polar surface area (TPSA) is 80.4 Å². The van der Waals surface area contributed by atoms with Crippen LogP contribution in [0.3, 0.4) is 0 Å². The fourth-order valence-corrected chi connectivity index (χ4v) is 2.87. The van der Waals surface area contributed by atoms with Crippen LogP contribution in [0.15, 0.2) is 29.3 Å². The van der Waals surface area contributed by atoms with Crippen LogP contribution in [-0.4, -0.2) is 87.4 Å². The van der Waals surface area contributed by atoms with Gasteiger partial charge < -0.3 is 26.0 Å². The first-order chi connectivity index (χ1) is 12.8. The second kappa shape index (κ2) is 9.92. The van der Waals surface area contributed by atoms with Gasteiger partial charge in [-0.05, 0) is 36.2 Å². The number of anilines is 2. The van der Waals surface area contributed by atoms with Crippen LogP contribution in [0.2, 0.25) is 0 Å². The number of hydrogen-bond acceptors (Lipinski definition) is 5. The summed E-state index contributed by atoms with van der Waals surface area (Å²) in [4.78, 5) is 11.5. The Morgan fingerprint density at radius 3 is 2.33 bits per heavy atom. The van der Waals surface area contributed by atoms with Crippen LogP contribution in [-0.2, 0) is 0 Å². The van der Waals surface area contributed by atoms with Crippen LogP contribution >= 0.6 is 0 Å². The molecular formula is C20H36N6O. The number of nitrogens with one attached hydrogen (secondary N) is 1. The summed E-state index contributed by atoms with van der Waals surface area (Å²) >= 11 is 0. The van der Waals surface area contributed by atoms with Crippen molar-refractivity contribution in [1.82, 2.24) is 9.80 Å². The Balaban J connectivity index is 2.11. The molecular weight excluding hydrogens is 340 g/mol. The van der Waals surface area contributed by atoms with Gasteiger partial charge in [-0.15, -0.1) is 0 Å². The minimum atomic E-state index is -0.0274. The quantitative estimate of drug-likeness (QED) is 0.489. The second-order valence-corrected chi connectivity index (χ2v) is 8.13. The van der Waals surface area contributed by atoms with E-state index in [1.807, 2.05) is 14.1 Å². The zero-order chi connectivity index (χ0) is 19.9. The van der Waals surface area contributed by atoms with Crippen molar-refractivity contribution < 1.29 is 5.11 Å². The Morgan fingerprint density at radius 1 is 1.19 bits per heavy atom. The number of piperazine rings is 1. The lowest BCUT2D eigenvalue weighted by molar-refractivity contribution is 0.147. The molecule has 1 heterocycles. The summed E-state index contributed by atoms with van der Waals surface area (Å²) in [5, 5.41) is 12.7. The molecule has 2 rings (SSSR count). The summed E-state index contributed by atoms with van der Waals surface area (Å²) in [5.74, 6) is 0.901. The smallest absolute Gasteiger partial charge is 0.198 e. The van der Waals surface area contributed by atoms with E-state index in [4.69, 9.17) is 15.8 Å². The molecule has 0 radical (unpaired) electrons. The first kappa shape index (κ1) is 21.5. The fraction of sp³-hybridized carbons (Fsp3) is 0.650. The highest BCUT2D eigenvalue weighted by Crippen LogP contribution is 2.18. The molecule has 0 aliphatic carbocycles. The van der Waals surface area contributed by atoms with Crippen LogP contribution in [0.1, 0.15) is 13.8 Å². The van der Waals surface area contributed by atoms with Gasteiger partial charge in [0.15, 0.2) is 5.96 Å². The van der Waals surface area contributed by atoms with Gasteiger partial charge in [0.25, 0.3) is 0 Å². The Labute approximate surface area is 163 Å². The zero-order valence-electron chi connectivity index (χ0n) is 17.3. The van der Waals surface area contributed by atoms with Crippen LogP contribution < -0.4 is 16.0 Å². The van der Waals surface area contributed by atoms with Crippen molar-refractivity contribution in [2.75, 3.05) is 76.7 Å². The van der Waals surface area contributed by atoms with Gasteiger partial charge in [-0.25, -0.2) is 0 Å². The predicted octanol–water partition coefficient (Wildman–Crippen LogP) is 1.12. The van der Waals surface area contributed by atoms with Crippen molar-refractivity contribution in [2.45, 2.75) is 13.8 Å². The molecule has 1 fully saturated rings. The van der Waals surface area contributed by atoms with Gasteiger partial charge in [-0.2, -0.15) is 0 Å². The molecule has 7 nitrogen and oxygen atoms in total. The molecule has 1 aromatic carbocycles. The number of aliphatic imine (C=N–C) groups is 1. The number of nitrogens with zero attached hydrogens (tertiary/aromatic N) is 4. The highest BCUT2D eigenvalue weighted by molar-refractivity contribution is 5.94. The van der Waals surface area contributed by atoms with Gasteiger partial charge in [0.05, 0.1) is 6.61 Å². The van der Waals surface area contributed by atoms with Gasteiger partial charge >= 0.3 is 0 Å². The van der Waals surface area contributed by atoms with Crippen molar-refractivity contribution in [1.29, 1.82) is 0 Å². The number of guanidine groups is 1. The monoisotopic (exact) mass is 376 g/mol. The molecule has 7 heteroatoms. The van der Waals surface area contributed by atoms with Crippen molar-refractivity contribution in [2.24, 2.45) is 16.1 Å². The Bertz CT molecular complexity index is 591. The Hall–Kier alpha value is -1.83. The highest BCUT2D eigenvalue weighted by Gasteiger charge is 2.21. The lowest BCUT2D eigenvalue weighted by atomic mass is 9.94. The SMILES string of the molecule is CN(C)c1ccc(NC(=NCC(C)(C)CN)N2CCN(CCO)CC2)cc1. The number of nitrogens with two attached hydrogens (primary N) is 1. The number of β-amino-alcohol motifs (C(OH)–C–C–N with tert-alkyl or cyclic N) is 1. The molecule has 1 aliphatic heterocycles. The minimum absolute atomic E-state index is 0.0274. The number of aliphatic hydroxyl groups excluding tert-OH is 1. The number of hydrogen-bond donors (Lipinski definition) is 3. The standard InChI is InChI=1S/C20H36N6O/c1-20(2,15-21)16-22-19(26-11-9-25(10-12-26)13-14-27)23-17-5-7-18(8-6-17)24(3)4/h5-8,27H,9-16,21H2,1-4H3,(H,22,23). The van der Waals surface area contributed by atoms with Gasteiger partial charge in [0.1, 0.15) is 0 Å². The summed E-state index contributed by atoms with van der Waals surface area (Å²) in [6.45, 7) is 10.2. The first-order valence-corrected chi connectivity index (χ1v) is 9.72. The zero-order valence-corrected chi connectivity index (χ0v) is 17.3. The van der Waals surface area contributed by atoms with E-state index in [9.17, 15) is 0 Å². The molecule has 4 N–H and O–H groups in total. The minimum Gasteiger partial charge on any atom is -0.395 e. The van der Waals surface area contributed by atoms with E-state index in [0.29, 0.717) is 13.1 Å². The third-order valence-electron chi connectivity index (χ3n) is 4.94. The van der Waals surface area contributed by atoms with Crippen molar-refractivity contribution >= 4 is 17.3 Å². The van der Waals surface area contributed by atoms with Crippen molar-refractivity contribution in [3.05, 3.63) is 24.3 Å². The average Bonchev–Trinajstić information content (AvgIpc) is 2.66. The highest BCUT2D eigenvalue weighted by atomic mass is 16.3. The number of aliphatic hydroxyl groups is 1. The Kier molecular flexibility index (Phi) is 7.89. The predicted molar refractivity (Wildman–Crippen MR) is 115 cm³/mol. The molecule has 0 spiro atoms. The maximum Gasteiger partial charge on any atom is 0.198 e. The third kappa shape index (κ3) is 6.68. The van der Waals surface area contributed by atoms with Crippen molar-refractivity contribution in [3.8, 4) is 0 Å². The average molecular weight is 377 g/mol. The summed E-state index contributed by atoms with van der Waals surface area (Å²) in [6, 6.07) is 8.37. The molecule has 1 aliphatic rings.